The standard InChI is InChI=1S/C9H11N3O3/c1-6-7(3-2-4-13)5-11-9(10)8(6)12(14)15/h2-3,5,13H,4H2,1H3,(H2,10,11). The third-order valence-electron chi connectivity index (χ3n) is 1.96. The summed E-state index contributed by atoms with van der Waals surface area (Å²) in [6, 6.07) is 0. The second kappa shape index (κ2) is 4.52. The summed E-state index contributed by atoms with van der Waals surface area (Å²) in [5, 5.41) is 19.3. The van der Waals surface area contributed by atoms with Crippen LogP contribution in [0.2, 0.25) is 0 Å². The first-order chi connectivity index (χ1) is 7.07. The van der Waals surface area contributed by atoms with Gasteiger partial charge in [0, 0.05) is 17.3 Å². The van der Waals surface area contributed by atoms with E-state index < -0.39 is 4.92 Å². The van der Waals surface area contributed by atoms with Gasteiger partial charge in [0.15, 0.2) is 0 Å². The van der Waals surface area contributed by atoms with Crippen molar-refractivity contribution in [1.29, 1.82) is 0 Å². The van der Waals surface area contributed by atoms with E-state index in [2.05, 4.69) is 4.98 Å². The van der Waals surface area contributed by atoms with Crippen molar-refractivity contribution in [3.8, 4) is 0 Å². The topological polar surface area (TPSA) is 102 Å². The molecular weight excluding hydrogens is 198 g/mol. The molecule has 0 unspecified atom stereocenters. The minimum Gasteiger partial charge on any atom is -0.392 e. The maximum atomic E-state index is 10.7. The summed E-state index contributed by atoms with van der Waals surface area (Å²) in [4.78, 5) is 13.8. The highest BCUT2D eigenvalue weighted by molar-refractivity contribution is 5.66. The lowest BCUT2D eigenvalue weighted by atomic mass is 10.1. The van der Waals surface area contributed by atoms with Crippen LogP contribution in [0.15, 0.2) is 12.3 Å². The van der Waals surface area contributed by atoms with Crippen LogP contribution in [0.5, 0.6) is 0 Å². The van der Waals surface area contributed by atoms with E-state index in [0.717, 1.165) is 0 Å². The number of aliphatic hydroxyl groups is 1. The Morgan fingerprint density at radius 3 is 2.93 bits per heavy atom. The molecule has 6 nitrogen and oxygen atoms in total. The average molecular weight is 209 g/mol. The summed E-state index contributed by atoms with van der Waals surface area (Å²) in [6.45, 7) is 1.46. The second-order valence-corrected chi connectivity index (χ2v) is 2.91. The number of nitro groups is 1. The number of nitrogens with two attached hydrogens (primary N) is 1. The predicted octanol–water partition coefficient (Wildman–Crippen LogP) is 0.886. The van der Waals surface area contributed by atoms with Crippen LogP contribution in [0.1, 0.15) is 11.1 Å². The van der Waals surface area contributed by atoms with Crippen LogP contribution in [0.3, 0.4) is 0 Å². The highest BCUT2D eigenvalue weighted by Crippen LogP contribution is 2.26. The summed E-state index contributed by atoms with van der Waals surface area (Å²) in [6.07, 6.45) is 4.47. The molecule has 0 spiro atoms. The Labute approximate surface area is 86.2 Å². The fraction of sp³-hybridized carbons (Fsp3) is 0.222. The Hall–Kier alpha value is -1.95. The van der Waals surface area contributed by atoms with Gasteiger partial charge in [0.05, 0.1) is 11.5 Å². The van der Waals surface area contributed by atoms with Crippen molar-refractivity contribution < 1.29 is 10.0 Å². The first kappa shape index (κ1) is 11.1. The molecule has 0 aromatic carbocycles. The fourth-order valence-corrected chi connectivity index (χ4v) is 1.20. The van der Waals surface area contributed by atoms with Crippen molar-refractivity contribution in [1.82, 2.24) is 4.98 Å². The number of pyridine rings is 1. The molecule has 80 valence electrons. The van der Waals surface area contributed by atoms with Crippen molar-refractivity contribution >= 4 is 17.6 Å². The monoisotopic (exact) mass is 209 g/mol. The molecule has 0 aliphatic heterocycles. The molecule has 0 saturated carbocycles. The molecule has 0 radical (unpaired) electrons. The second-order valence-electron chi connectivity index (χ2n) is 2.91. The average Bonchev–Trinajstić information content (AvgIpc) is 2.16. The minimum atomic E-state index is -0.562. The lowest BCUT2D eigenvalue weighted by Crippen LogP contribution is -2.02. The highest BCUT2D eigenvalue weighted by atomic mass is 16.6. The molecule has 0 aliphatic carbocycles. The van der Waals surface area contributed by atoms with Crippen molar-refractivity contribution in [2.75, 3.05) is 12.3 Å². The fourth-order valence-electron chi connectivity index (χ4n) is 1.20. The van der Waals surface area contributed by atoms with Crippen LogP contribution in [-0.2, 0) is 0 Å². The molecule has 0 aliphatic rings. The Balaban J connectivity index is 3.28. The molecule has 1 rings (SSSR count). The van der Waals surface area contributed by atoms with Gasteiger partial charge in [0.25, 0.3) is 0 Å². The summed E-state index contributed by atoms with van der Waals surface area (Å²) in [5.41, 5.74) is 6.22. The first-order valence-electron chi connectivity index (χ1n) is 4.24. The van der Waals surface area contributed by atoms with E-state index in [9.17, 15) is 10.1 Å². The number of hydrogen-bond acceptors (Lipinski definition) is 5. The SMILES string of the molecule is Cc1c(C=CCO)cnc(N)c1[N+](=O)[O-]. The predicted molar refractivity (Wildman–Crippen MR) is 56.2 cm³/mol. The highest BCUT2D eigenvalue weighted by Gasteiger charge is 2.18. The third kappa shape index (κ3) is 2.29. The van der Waals surface area contributed by atoms with Crippen molar-refractivity contribution in [2.24, 2.45) is 0 Å². The lowest BCUT2D eigenvalue weighted by Gasteiger charge is -2.03. The van der Waals surface area contributed by atoms with E-state index in [1.54, 1.807) is 13.0 Å². The van der Waals surface area contributed by atoms with E-state index in [1.165, 1.54) is 12.3 Å². The molecule has 3 N–H and O–H groups in total. The van der Waals surface area contributed by atoms with Gasteiger partial charge in [-0.25, -0.2) is 4.98 Å². The maximum absolute atomic E-state index is 10.7. The first-order valence-corrected chi connectivity index (χ1v) is 4.24. The van der Waals surface area contributed by atoms with Gasteiger partial charge in [-0.3, -0.25) is 10.1 Å². The van der Waals surface area contributed by atoms with Crippen molar-refractivity contribution in [3.63, 3.8) is 0 Å². The number of aromatic nitrogens is 1. The van der Waals surface area contributed by atoms with E-state index in [4.69, 9.17) is 10.8 Å². The zero-order valence-corrected chi connectivity index (χ0v) is 8.17. The molecule has 6 heteroatoms. The summed E-state index contributed by atoms with van der Waals surface area (Å²) in [7, 11) is 0. The van der Waals surface area contributed by atoms with E-state index in [1.807, 2.05) is 0 Å². The van der Waals surface area contributed by atoms with Gasteiger partial charge in [-0.05, 0) is 6.92 Å². The molecule has 0 saturated heterocycles. The van der Waals surface area contributed by atoms with Crippen molar-refractivity contribution in [2.45, 2.75) is 6.92 Å². The third-order valence-corrected chi connectivity index (χ3v) is 1.96. The summed E-state index contributed by atoms with van der Waals surface area (Å²) < 4.78 is 0. The van der Waals surface area contributed by atoms with E-state index in [-0.39, 0.29) is 18.1 Å². The van der Waals surface area contributed by atoms with Crippen LogP contribution in [-0.4, -0.2) is 21.6 Å². The van der Waals surface area contributed by atoms with Crippen LogP contribution < -0.4 is 5.73 Å². The number of anilines is 1. The Kier molecular flexibility index (Phi) is 3.35. The molecule has 0 amide bonds. The lowest BCUT2D eigenvalue weighted by molar-refractivity contribution is -0.384. The van der Waals surface area contributed by atoms with E-state index in [0.29, 0.717) is 11.1 Å². The molecule has 0 fully saturated rings. The number of hydrogen-bond donors (Lipinski definition) is 2. The Morgan fingerprint density at radius 1 is 1.73 bits per heavy atom. The zero-order chi connectivity index (χ0) is 11.4. The van der Waals surface area contributed by atoms with Gasteiger partial charge in [-0.15, -0.1) is 0 Å². The number of nitrogens with zero attached hydrogens (tertiary/aromatic N) is 2. The van der Waals surface area contributed by atoms with Gasteiger partial charge < -0.3 is 10.8 Å². The maximum Gasteiger partial charge on any atom is 0.314 e. The molecule has 1 aromatic rings. The van der Waals surface area contributed by atoms with Gasteiger partial charge in [-0.1, -0.05) is 12.2 Å². The molecule has 0 bridgehead atoms. The summed E-state index contributed by atoms with van der Waals surface area (Å²) in [5.74, 6) is -0.0985. The van der Waals surface area contributed by atoms with Gasteiger partial charge in [-0.2, -0.15) is 0 Å². The summed E-state index contributed by atoms with van der Waals surface area (Å²) >= 11 is 0. The molecule has 0 atom stereocenters. The number of rotatable bonds is 3. The largest absolute Gasteiger partial charge is 0.392 e. The molecule has 1 aromatic heterocycles. The molecule has 15 heavy (non-hydrogen) atoms. The van der Waals surface area contributed by atoms with Crippen LogP contribution in [0.4, 0.5) is 11.5 Å². The number of nitrogen functional groups attached to an aromatic ring is 1. The van der Waals surface area contributed by atoms with E-state index >= 15 is 0 Å². The Morgan fingerprint density at radius 2 is 2.40 bits per heavy atom. The van der Waals surface area contributed by atoms with Crippen LogP contribution in [0.25, 0.3) is 6.08 Å². The molecular formula is C9H11N3O3. The minimum absolute atomic E-state index is 0.0985. The van der Waals surface area contributed by atoms with Gasteiger partial charge >= 0.3 is 5.69 Å². The quantitative estimate of drug-likeness (QED) is 0.568. The normalized spacial score (nSPS) is 10.8. The zero-order valence-electron chi connectivity index (χ0n) is 8.17. The van der Waals surface area contributed by atoms with Gasteiger partial charge in [0.2, 0.25) is 5.82 Å². The molecule has 1 heterocycles. The van der Waals surface area contributed by atoms with Crippen LogP contribution in [0, 0.1) is 17.0 Å². The Bertz CT molecular complexity index is 415. The smallest absolute Gasteiger partial charge is 0.314 e. The van der Waals surface area contributed by atoms with Crippen molar-refractivity contribution in [3.05, 3.63) is 33.5 Å². The van der Waals surface area contributed by atoms with Crippen LogP contribution >= 0.6 is 0 Å². The van der Waals surface area contributed by atoms with Gasteiger partial charge in [0.1, 0.15) is 0 Å². The number of aliphatic hydroxyl groups excluding tert-OH is 1.